The lowest BCUT2D eigenvalue weighted by Gasteiger charge is -2.12. The highest BCUT2D eigenvalue weighted by atomic mass is 14.8. The van der Waals surface area contributed by atoms with E-state index in [1.165, 1.54) is 27.8 Å². The van der Waals surface area contributed by atoms with Crippen molar-refractivity contribution in [3.05, 3.63) is 70.3 Å². The van der Waals surface area contributed by atoms with Crippen molar-refractivity contribution >= 4 is 0 Å². The van der Waals surface area contributed by atoms with E-state index < -0.39 is 0 Å². The lowest BCUT2D eigenvalue weighted by molar-refractivity contribution is 0.687. The van der Waals surface area contributed by atoms with Crippen LogP contribution in [0.15, 0.2) is 42.5 Å². The quantitative estimate of drug-likeness (QED) is 0.853. The Morgan fingerprint density at radius 1 is 0.833 bits per heavy atom. The maximum Gasteiger partial charge on any atom is 0.0213 e. The van der Waals surface area contributed by atoms with Gasteiger partial charge < -0.3 is 5.32 Å². The first-order valence-corrected chi connectivity index (χ1v) is 6.48. The summed E-state index contributed by atoms with van der Waals surface area (Å²) in [6.45, 7) is 8.40. The van der Waals surface area contributed by atoms with Crippen LogP contribution in [0.25, 0.3) is 0 Å². The smallest absolute Gasteiger partial charge is 0.0213 e. The number of nitrogens with one attached hydrogen (secondary N) is 1. The minimum absolute atomic E-state index is 0.924. The molecule has 0 fully saturated rings. The first kappa shape index (κ1) is 12.8. The third-order valence-corrected chi connectivity index (χ3v) is 3.31. The van der Waals surface area contributed by atoms with E-state index in [-0.39, 0.29) is 0 Å². The fraction of sp³-hybridized carbons (Fsp3) is 0.294. The molecule has 18 heavy (non-hydrogen) atoms. The van der Waals surface area contributed by atoms with Crippen LogP contribution in [0.1, 0.15) is 27.8 Å². The molecule has 0 radical (unpaired) electrons. The van der Waals surface area contributed by atoms with Crippen molar-refractivity contribution in [1.82, 2.24) is 5.32 Å². The molecule has 0 spiro atoms. The van der Waals surface area contributed by atoms with Crippen molar-refractivity contribution in [2.75, 3.05) is 0 Å². The zero-order valence-electron chi connectivity index (χ0n) is 11.5. The monoisotopic (exact) mass is 239 g/mol. The van der Waals surface area contributed by atoms with Gasteiger partial charge in [-0.15, -0.1) is 0 Å². The van der Waals surface area contributed by atoms with Gasteiger partial charge in [-0.1, -0.05) is 48.0 Å². The zero-order chi connectivity index (χ0) is 13.0. The molecule has 0 aliphatic heterocycles. The van der Waals surface area contributed by atoms with Gasteiger partial charge in [0.1, 0.15) is 0 Å². The maximum absolute atomic E-state index is 3.52. The minimum atomic E-state index is 0.924. The number of rotatable bonds is 4. The number of aryl methyl sites for hydroxylation is 3. The fourth-order valence-electron chi connectivity index (χ4n) is 2.42. The molecule has 0 aromatic heterocycles. The molecule has 0 aliphatic carbocycles. The second kappa shape index (κ2) is 5.83. The average Bonchev–Trinajstić information content (AvgIpc) is 2.34. The normalized spacial score (nSPS) is 10.6. The number of hydrogen-bond acceptors (Lipinski definition) is 1. The van der Waals surface area contributed by atoms with Crippen molar-refractivity contribution in [1.29, 1.82) is 0 Å². The van der Waals surface area contributed by atoms with E-state index in [1.807, 2.05) is 0 Å². The molecule has 2 rings (SSSR count). The summed E-state index contributed by atoms with van der Waals surface area (Å²) in [6.07, 6.45) is 0. The third-order valence-electron chi connectivity index (χ3n) is 3.31. The Bertz CT molecular complexity index is 491. The molecule has 0 saturated heterocycles. The standard InChI is InChI=1S/C17H21N/c1-13-9-14(2)17(15(3)10-13)12-18-11-16-7-5-4-6-8-16/h4-10,18H,11-12H2,1-3H3. The summed E-state index contributed by atoms with van der Waals surface area (Å²) in [6, 6.07) is 15.0. The van der Waals surface area contributed by atoms with Crippen LogP contribution in [-0.2, 0) is 13.1 Å². The molecule has 0 aliphatic rings. The fourth-order valence-corrected chi connectivity index (χ4v) is 2.42. The average molecular weight is 239 g/mol. The number of benzene rings is 2. The highest BCUT2D eigenvalue weighted by Crippen LogP contribution is 2.16. The van der Waals surface area contributed by atoms with Gasteiger partial charge in [-0.05, 0) is 43.0 Å². The van der Waals surface area contributed by atoms with E-state index in [2.05, 4.69) is 68.6 Å². The molecule has 2 aromatic rings. The van der Waals surface area contributed by atoms with Crippen LogP contribution in [0.2, 0.25) is 0 Å². The molecular weight excluding hydrogens is 218 g/mol. The topological polar surface area (TPSA) is 12.0 Å². The van der Waals surface area contributed by atoms with E-state index in [0.717, 1.165) is 13.1 Å². The Morgan fingerprint density at radius 2 is 1.44 bits per heavy atom. The molecule has 94 valence electrons. The molecule has 1 nitrogen and oxygen atoms in total. The second-order valence-corrected chi connectivity index (χ2v) is 4.97. The Kier molecular flexibility index (Phi) is 4.16. The predicted octanol–water partition coefficient (Wildman–Crippen LogP) is 3.90. The van der Waals surface area contributed by atoms with Crippen LogP contribution in [0.4, 0.5) is 0 Å². The highest BCUT2D eigenvalue weighted by Gasteiger charge is 2.03. The Morgan fingerprint density at radius 3 is 2.06 bits per heavy atom. The molecule has 1 N–H and O–H groups in total. The van der Waals surface area contributed by atoms with Gasteiger partial charge >= 0.3 is 0 Å². The van der Waals surface area contributed by atoms with Crippen molar-refractivity contribution in [2.45, 2.75) is 33.9 Å². The Labute approximate surface area is 110 Å². The summed E-state index contributed by atoms with van der Waals surface area (Å²) in [5.74, 6) is 0. The van der Waals surface area contributed by atoms with Gasteiger partial charge in [-0.2, -0.15) is 0 Å². The summed E-state index contributed by atoms with van der Waals surface area (Å²) in [5.41, 5.74) is 6.87. The van der Waals surface area contributed by atoms with Gasteiger partial charge in [0.25, 0.3) is 0 Å². The number of hydrogen-bond donors (Lipinski definition) is 1. The molecule has 0 saturated carbocycles. The highest BCUT2D eigenvalue weighted by molar-refractivity contribution is 5.37. The van der Waals surface area contributed by atoms with Gasteiger partial charge in [0.15, 0.2) is 0 Å². The molecule has 0 bridgehead atoms. The molecule has 0 atom stereocenters. The SMILES string of the molecule is Cc1cc(C)c(CNCc2ccccc2)c(C)c1. The van der Waals surface area contributed by atoms with Crippen LogP contribution in [0.5, 0.6) is 0 Å². The lowest BCUT2D eigenvalue weighted by Crippen LogP contribution is -2.14. The molecular formula is C17H21N. The molecule has 0 unspecified atom stereocenters. The van der Waals surface area contributed by atoms with Gasteiger partial charge in [-0.3, -0.25) is 0 Å². The van der Waals surface area contributed by atoms with E-state index >= 15 is 0 Å². The van der Waals surface area contributed by atoms with Crippen LogP contribution in [-0.4, -0.2) is 0 Å². The van der Waals surface area contributed by atoms with Crippen molar-refractivity contribution in [3.63, 3.8) is 0 Å². The minimum Gasteiger partial charge on any atom is -0.309 e. The van der Waals surface area contributed by atoms with Gasteiger partial charge in [0.2, 0.25) is 0 Å². The summed E-state index contributed by atoms with van der Waals surface area (Å²) in [4.78, 5) is 0. The second-order valence-electron chi connectivity index (χ2n) is 4.97. The lowest BCUT2D eigenvalue weighted by atomic mass is 10.00. The molecule has 0 amide bonds. The van der Waals surface area contributed by atoms with Crippen molar-refractivity contribution < 1.29 is 0 Å². The molecule has 1 heteroatoms. The first-order chi connectivity index (χ1) is 8.66. The van der Waals surface area contributed by atoms with Crippen molar-refractivity contribution in [2.24, 2.45) is 0 Å². The van der Waals surface area contributed by atoms with Crippen molar-refractivity contribution in [3.8, 4) is 0 Å². The Balaban J connectivity index is 1.99. The summed E-state index contributed by atoms with van der Waals surface area (Å²) in [5, 5.41) is 3.52. The summed E-state index contributed by atoms with van der Waals surface area (Å²) < 4.78 is 0. The molecule has 0 heterocycles. The van der Waals surface area contributed by atoms with E-state index in [0.29, 0.717) is 0 Å². The maximum atomic E-state index is 3.52. The van der Waals surface area contributed by atoms with E-state index in [4.69, 9.17) is 0 Å². The largest absolute Gasteiger partial charge is 0.309 e. The molecule has 2 aromatic carbocycles. The van der Waals surface area contributed by atoms with Crippen LogP contribution >= 0.6 is 0 Å². The Hall–Kier alpha value is -1.60. The third kappa shape index (κ3) is 3.21. The van der Waals surface area contributed by atoms with Gasteiger partial charge in [0, 0.05) is 13.1 Å². The summed E-state index contributed by atoms with van der Waals surface area (Å²) in [7, 11) is 0. The van der Waals surface area contributed by atoms with Crippen LogP contribution in [0.3, 0.4) is 0 Å². The van der Waals surface area contributed by atoms with E-state index in [1.54, 1.807) is 0 Å². The van der Waals surface area contributed by atoms with Crippen LogP contribution < -0.4 is 5.32 Å². The first-order valence-electron chi connectivity index (χ1n) is 6.48. The zero-order valence-corrected chi connectivity index (χ0v) is 11.5. The summed E-state index contributed by atoms with van der Waals surface area (Å²) >= 11 is 0. The predicted molar refractivity (Wildman–Crippen MR) is 77.6 cm³/mol. The van der Waals surface area contributed by atoms with Crippen LogP contribution in [0, 0.1) is 20.8 Å². The van der Waals surface area contributed by atoms with Gasteiger partial charge in [-0.25, -0.2) is 0 Å². The van der Waals surface area contributed by atoms with E-state index in [9.17, 15) is 0 Å². The van der Waals surface area contributed by atoms with Gasteiger partial charge in [0.05, 0.1) is 0 Å².